The number of aryl methyl sites for hydroxylation is 3. The monoisotopic (exact) mass is 380 g/mol. The van der Waals surface area contributed by atoms with Gasteiger partial charge in [0, 0.05) is 19.5 Å². The molecule has 0 heterocycles. The van der Waals surface area contributed by atoms with Crippen LogP contribution in [0.1, 0.15) is 48.9 Å². The molecule has 0 bridgehead atoms. The lowest BCUT2D eigenvalue weighted by atomic mass is 10.1. The molecule has 0 saturated carbocycles. The van der Waals surface area contributed by atoms with Gasteiger partial charge in [-0.05, 0) is 44.7 Å². The molecule has 2 amide bonds. The fourth-order valence-corrected chi connectivity index (χ4v) is 3.14. The van der Waals surface area contributed by atoms with Gasteiger partial charge >= 0.3 is 0 Å². The molecule has 0 aliphatic carbocycles. The van der Waals surface area contributed by atoms with E-state index in [1.54, 1.807) is 4.90 Å². The Morgan fingerprint density at radius 2 is 1.71 bits per heavy atom. The van der Waals surface area contributed by atoms with Crippen LogP contribution < -0.4 is 5.32 Å². The third-order valence-corrected chi connectivity index (χ3v) is 4.90. The van der Waals surface area contributed by atoms with E-state index in [1.165, 1.54) is 5.56 Å². The van der Waals surface area contributed by atoms with E-state index in [9.17, 15) is 9.59 Å². The highest BCUT2D eigenvalue weighted by molar-refractivity contribution is 5.87. The maximum absolute atomic E-state index is 13.0. The van der Waals surface area contributed by atoms with Gasteiger partial charge in [0.05, 0.1) is 0 Å². The quantitative estimate of drug-likeness (QED) is 0.709. The van der Waals surface area contributed by atoms with Crippen molar-refractivity contribution in [1.29, 1.82) is 0 Å². The van der Waals surface area contributed by atoms with Crippen LogP contribution in [-0.4, -0.2) is 29.3 Å². The fourth-order valence-electron chi connectivity index (χ4n) is 3.14. The van der Waals surface area contributed by atoms with Crippen LogP contribution >= 0.6 is 0 Å². The van der Waals surface area contributed by atoms with Crippen molar-refractivity contribution in [3.05, 3.63) is 70.8 Å². The Morgan fingerprint density at radius 1 is 1.00 bits per heavy atom. The number of nitrogens with zero attached hydrogens (tertiary/aromatic N) is 1. The molecule has 1 atom stereocenters. The number of amides is 2. The average molecular weight is 381 g/mol. The van der Waals surface area contributed by atoms with Crippen molar-refractivity contribution in [1.82, 2.24) is 10.2 Å². The maximum atomic E-state index is 13.0. The zero-order chi connectivity index (χ0) is 20.5. The molecule has 0 aliphatic heterocycles. The smallest absolute Gasteiger partial charge is 0.242 e. The third-order valence-electron chi connectivity index (χ3n) is 4.90. The zero-order valence-corrected chi connectivity index (χ0v) is 17.5. The first kappa shape index (κ1) is 21.7. The van der Waals surface area contributed by atoms with E-state index in [0.717, 1.165) is 23.1 Å². The van der Waals surface area contributed by atoms with Gasteiger partial charge < -0.3 is 10.2 Å². The molecule has 1 N–H and O–H groups in total. The summed E-state index contributed by atoms with van der Waals surface area (Å²) in [5.41, 5.74) is 4.53. The Kier molecular flexibility index (Phi) is 8.24. The van der Waals surface area contributed by atoms with E-state index in [2.05, 4.69) is 42.6 Å². The fraction of sp³-hybridized carbons (Fsp3) is 0.417. The molecule has 28 heavy (non-hydrogen) atoms. The van der Waals surface area contributed by atoms with Gasteiger partial charge in [0.15, 0.2) is 0 Å². The van der Waals surface area contributed by atoms with Crippen LogP contribution in [0.15, 0.2) is 48.5 Å². The molecule has 0 spiro atoms. The van der Waals surface area contributed by atoms with Gasteiger partial charge in [-0.1, -0.05) is 66.6 Å². The van der Waals surface area contributed by atoms with Crippen LogP contribution in [-0.2, 0) is 22.6 Å². The largest absolute Gasteiger partial charge is 0.354 e. The summed E-state index contributed by atoms with van der Waals surface area (Å²) < 4.78 is 0. The molecule has 2 aromatic rings. The molecule has 4 heteroatoms. The first-order valence-electron chi connectivity index (χ1n) is 10.1. The molecule has 150 valence electrons. The van der Waals surface area contributed by atoms with Crippen molar-refractivity contribution < 1.29 is 9.59 Å². The first-order chi connectivity index (χ1) is 13.4. The van der Waals surface area contributed by atoms with Crippen molar-refractivity contribution >= 4 is 11.8 Å². The van der Waals surface area contributed by atoms with E-state index < -0.39 is 6.04 Å². The molecule has 4 nitrogen and oxygen atoms in total. The lowest BCUT2D eigenvalue weighted by Crippen LogP contribution is -2.47. The number of rotatable bonds is 9. The van der Waals surface area contributed by atoms with Crippen LogP contribution in [0.25, 0.3) is 0 Å². The molecular formula is C24H32N2O2. The van der Waals surface area contributed by atoms with Crippen molar-refractivity contribution in [3.63, 3.8) is 0 Å². The number of hydrogen-bond donors (Lipinski definition) is 1. The van der Waals surface area contributed by atoms with Gasteiger partial charge in [0.1, 0.15) is 6.04 Å². The lowest BCUT2D eigenvalue weighted by molar-refractivity contribution is -0.140. The number of benzene rings is 2. The SMILES string of the molecule is CCCNC(=O)C(C)N(Cc1cccc(C)c1)C(=O)CCc1ccc(C)cc1. The van der Waals surface area contributed by atoms with Crippen LogP contribution in [0.3, 0.4) is 0 Å². The van der Waals surface area contributed by atoms with Crippen LogP contribution in [0.5, 0.6) is 0 Å². The second-order valence-corrected chi connectivity index (χ2v) is 7.46. The van der Waals surface area contributed by atoms with E-state index >= 15 is 0 Å². The number of hydrogen-bond acceptors (Lipinski definition) is 2. The summed E-state index contributed by atoms with van der Waals surface area (Å²) in [7, 11) is 0. The summed E-state index contributed by atoms with van der Waals surface area (Å²) in [6.45, 7) is 8.97. The molecule has 0 aromatic heterocycles. The molecular weight excluding hydrogens is 348 g/mol. The summed E-state index contributed by atoms with van der Waals surface area (Å²) in [6.07, 6.45) is 1.94. The molecule has 0 radical (unpaired) electrons. The van der Waals surface area contributed by atoms with Gasteiger partial charge in [-0.2, -0.15) is 0 Å². The third kappa shape index (κ3) is 6.52. The molecule has 1 unspecified atom stereocenters. The minimum Gasteiger partial charge on any atom is -0.354 e. The van der Waals surface area contributed by atoms with Gasteiger partial charge in [-0.25, -0.2) is 0 Å². The van der Waals surface area contributed by atoms with Crippen molar-refractivity contribution in [2.45, 2.75) is 59.5 Å². The minimum atomic E-state index is -0.502. The Balaban J connectivity index is 2.12. The minimum absolute atomic E-state index is 0.00114. The van der Waals surface area contributed by atoms with E-state index in [0.29, 0.717) is 25.9 Å². The first-order valence-corrected chi connectivity index (χ1v) is 10.1. The molecule has 2 aromatic carbocycles. The van der Waals surface area contributed by atoms with E-state index in [4.69, 9.17) is 0 Å². The summed E-state index contributed by atoms with van der Waals surface area (Å²) in [5, 5.41) is 2.91. The highest BCUT2D eigenvalue weighted by Crippen LogP contribution is 2.14. The Bertz CT molecular complexity index is 783. The average Bonchev–Trinajstić information content (AvgIpc) is 2.69. The molecule has 0 fully saturated rings. The van der Waals surface area contributed by atoms with Gasteiger partial charge in [0.25, 0.3) is 0 Å². The van der Waals surface area contributed by atoms with Crippen molar-refractivity contribution in [3.8, 4) is 0 Å². The predicted octanol–water partition coefficient (Wildman–Crippen LogP) is 4.18. The Morgan fingerprint density at radius 3 is 2.36 bits per heavy atom. The van der Waals surface area contributed by atoms with Crippen LogP contribution in [0.2, 0.25) is 0 Å². The van der Waals surface area contributed by atoms with Crippen molar-refractivity contribution in [2.75, 3.05) is 6.54 Å². The van der Waals surface area contributed by atoms with Gasteiger partial charge in [-0.15, -0.1) is 0 Å². The summed E-state index contributed by atoms with van der Waals surface area (Å²) >= 11 is 0. The second-order valence-electron chi connectivity index (χ2n) is 7.46. The lowest BCUT2D eigenvalue weighted by Gasteiger charge is -2.29. The number of carbonyl (C=O) groups excluding carboxylic acids is 2. The Hall–Kier alpha value is -2.62. The zero-order valence-electron chi connectivity index (χ0n) is 17.5. The van der Waals surface area contributed by atoms with E-state index in [-0.39, 0.29) is 11.8 Å². The highest BCUT2D eigenvalue weighted by Gasteiger charge is 2.25. The highest BCUT2D eigenvalue weighted by atomic mass is 16.2. The molecule has 2 rings (SSSR count). The molecule has 0 saturated heterocycles. The normalized spacial score (nSPS) is 11.7. The Labute approximate surface area is 169 Å². The predicted molar refractivity (Wildman–Crippen MR) is 114 cm³/mol. The van der Waals surface area contributed by atoms with E-state index in [1.807, 2.05) is 39.0 Å². The van der Waals surface area contributed by atoms with Crippen molar-refractivity contribution in [2.24, 2.45) is 0 Å². The summed E-state index contributed by atoms with van der Waals surface area (Å²) in [6, 6.07) is 15.8. The van der Waals surface area contributed by atoms with Gasteiger partial charge in [0.2, 0.25) is 11.8 Å². The maximum Gasteiger partial charge on any atom is 0.242 e. The second kappa shape index (κ2) is 10.6. The summed E-state index contributed by atoms with van der Waals surface area (Å²) in [4.78, 5) is 27.3. The molecule has 0 aliphatic rings. The van der Waals surface area contributed by atoms with Crippen LogP contribution in [0.4, 0.5) is 0 Å². The van der Waals surface area contributed by atoms with Crippen LogP contribution in [0, 0.1) is 13.8 Å². The number of nitrogens with one attached hydrogen (secondary N) is 1. The topological polar surface area (TPSA) is 49.4 Å². The number of carbonyl (C=O) groups is 2. The summed E-state index contributed by atoms with van der Waals surface area (Å²) in [5.74, 6) is -0.0978. The standard InChI is InChI=1S/C24H32N2O2/c1-5-15-25-24(28)20(4)26(17-22-8-6-7-19(3)16-22)23(27)14-13-21-11-9-18(2)10-12-21/h6-12,16,20H,5,13-15,17H2,1-4H3,(H,25,28). The van der Waals surface area contributed by atoms with Gasteiger partial charge in [-0.3, -0.25) is 9.59 Å².